The van der Waals surface area contributed by atoms with Crippen molar-refractivity contribution in [3.05, 3.63) is 17.7 Å². The zero-order valence-corrected chi connectivity index (χ0v) is 12.2. The van der Waals surface area contributed by atoms with E-state index in [0.29, 0.717) is 23.7 Å². The first kappa shape index (κ1) is 14.5. The van der Waals surface area contributed by atoms with E-state index in [0.717, 1.165) is 17.3 Å². The fourth-order valence-corrected chi connectivity index (χ4v) is 2.83. The van der Waals surface area contributed by atoms with Crippen LogP contribution in [0.1, 0.15) is 5.56 Å². The molecule has 6 nitrogen and oxygen atoms in total. The Morgan fingerprint density at radius 2 is 1.65 bits per heavy atom. The van der Waals surface area contributed by atoms with E-state index in [1.807, 2.05) is 0 Å². The maximum atomic E-state index is 11.6. The average molecular weight is 297 g/mol. The van der Waals surface area contributed by atoms with Crippen LogP contribution >= 0.6 is 11.8 Å². The van der Waals surface area contributed by atoms with Crippen molar-refractivity contribution in [2.75, 3.05) is 21.3 Å². The van der Waals surface area contributed by atoms with Crippen molar-refractivity contribution in [2.24, 2.45) is 0 Å². The van der Waals surface area contributed by atoms with E-state index < -0.39 is 5.25 Å². The topological polar surface area (TPSA) is 73.9 Å². The van der Waals surface area contributed by atoms with Gasteiger partial charge in [0.1, 0.15) is 5.75 Å². The van der Waals surface area contributed by atoms with Crippen LogP contribution < -0.4 is 19.5 Å². The number of carbonyl (C=O) groups excluding carboxylic acids is 2. The van der Waals surface area contributed by atoms with Crippen molar-refractivity contribution >= 4 is 22.9 Å². The van der Waals surface area contributed by atoms with Gasteiger partial charge in [-0.2, -0.15) is 0 Å². The van der Waals surface area contributed by atoms with Crippen molar-refractivity contribution < 1.29 is 23.8 Å². The van der Waals surface area contributed by atoms with Gasteiger partial charge in [0.25, 0.3) is 5.24 Å². The Labute approximate surface area is 120 Å². The van der Waals surface area contributed by atoms with Crippen molar-refractivity contribution in [2.45, 2.75) is 11.7 Å². The first-order valence-corrected chi connectivity index (χ1v) is 6.77. The lowest BCUT2D eigenvalue weighted by Gasteiger charge is -2.15. The molecule has 1 aliphatic heterocycles. The molecule has 108 valence electrons. The van der Waals surface area contributed by atoms with Crippen LogP contribution in [0.25, 0.3) is 0 Å². The van der Waals surface area contributed by atoms with Gasteiger partial charge in [-0.15, -0.1) is 0 Å². The Kier molecular flexibility index (Phi) is 4.39. The van der Waals surface area contributed by atoms with Gasteiger partial charge in [-0.1, -0.05) is 11.8 Å². The van der Waals surface area contributed by atoms with E-state index in [-0.39, 0.29) is 11.1 Å². The summed E-state index contributed by atoms with van der Waals surface area (Å²) in [6.45, 7) is 0. The maximum absolute atomic E-state index is 11.6. The molecule has 0 radical (unpaired) electrons. The van der Waals surface area contributed by atoms with Gasteiger partial charge in [0, 0.05) is 6.07 Å². The highest BCUT2D eigenvalue weighted by atomic mass is 32.2. The van der Waals surface area contributed by atoms with Crippen LogP contribution in [-0.2, 0) is 11.2 Å². The number of hydrogen-bond acceptors (Lipinski definition) is 6. The molecule has 0 bridgehead atoms. The van der Waals surface area contributed by atoms with Gasteiger partial charge in [0.15, 0.2) is 11.5 Å². The van der Waals surface area contributed by atoms with Crippen LogP contribution in [0.5, 0.6) is 17.2 Å². The number of benzene rings is 1. The molecule has 1 aromatic rings. The van der Waals surface area contributed by atoms with Crippen LogP contribution in [-0.4, -0.2) is 37.7 Å². The van der Waals surface area contributed by atoms with Crippen molar-refractivity contribution in [3.8, 4) is 17.2 Å². The minimum absolute atomic E-state index is 0.281. The summed E-state index contributed by atoms with van der Waals surface area (Å²) in [6, 6.07) is 3.46. The van der Waals surface area contributed by atoms with Gasteiger partial charge in [-0.25, -0.2) is 0 Å². The molecule has 1 aliphatic rings. The number of thioether (sulfide) groups is 1. The SMILES string of the molecule is COc1cc(OC)c(OC)cc1CC1SC(=O)NC1=O. The molecular weight excluding hydrogens is 282 g/mol. The van der Waals surface area contributed by atoms with Crippen LogP contribution in [0, 0.1) is 0 Å². The molecule has 0 aliphatic carbocycles. The Hall–Kier alpha value is -1.89. The summed E-state index contributed by atoms with van der Waals surface area (Å²) in [5, 5.41) is 1.49. The van der Waals surface area contributed by atoms with E-state index in [1.54, 1.807) is 12.1 Å². The van der Waals surface area contributed by atoms with E-state index in [2.05, 4.69) is 5.32 Å². The molecule has 1 N–H and O–H groups in total. The molecule has 20 heavy (non-hydrogen) atoms. The smallest absolute Gasteiger partial charge is 0.286 e. The number of hydrogen-bond donors (Lipinski definition) is 1. The third-order valence-electron chi connectivity index (χ3n) is 2.96. The third-order valence-corrected chi connectivity index (χ3v) is 3.94. The third kappa shape index (κ3) is 2.82. The lowest BCUT2D eigenvalue weighted by molar-refractivity contribution is -0.118. The van der Waals surface area contributed by atoms with E-state index in [9.17, 15) is 9.59 Å². The minimum Gasteiger partial charge on any atom is -0.496 e. The summed E-state index contributed by atoms with van der Waals surface area (Å²) >= 11 is 0.984. The molecule has 2 rings (SSSR count). The molecular formula is C13H15NO5S. The van der Waals surface area contributed by atoms with Crippen molar-refractivity contribution in [1.82, 2.24) is 5.32 Å². The number of carbonyl (C=O) groups is 2. The second kappa shape index (κ2) is 6.04. The number of methoxy groups -OCH3 is 3. The van der Waals surface area contributed by atoms with Crippen LogP contribution in [0.3, 0.4) is 0 Å². The van der Waals surface area contributed by atoms with Gasteiger partial charge in [0.2, 0.25) is 5.91 Å². The summed E-state index contributed by atoms with van der Waals surface area (Å²) in [6.07, 6.45) is 0.381. The zero-order chi connectivity index (χ0) is 14.7. The number of imide groups is 1. The van der Waals surface area contributed by atoms with Gasteiger partial charge < -0.3 is 14.2 Å². The van der Waals surface area contributed by atoms with Crippen LogP contribution in [0.15, 0.2) is 12.1 Å². The van der Waals surface area contributed by atoms with E-state index in [1.165, 1.54) is 21.3 Å². The van der Waals surface area contributed by atoms with Crippen LogP contribution in [0.2, 0.25) is 0 Å². The molecule has 1 heterocycles. The Balaban J connectivity index is 2.30. The fourth-order valence-electron chi connectivity index (χ4n) is 1.98. The number of rotatable bonds is 5. The normalized spacial score (nSPS) is 17.9. The molecule has 0 aromatic heterocycles. The highest BCUT2D eigenvalue weighted by Gasteiger charge is 2.32. The summed E-state index contributed by atoms with van der Waals surface area (Å²) < 4.78 is 15.7. The Morgan fingerprint density at radius 1 is 1.05 bits per heavy atom. The van der Waals surface area contributed by atoms with Crippen molar-refractivity contribution in [3.63, 3.8) is 0 Å². The summed E-state index contributed by atoms with van der Waals surface area (Å²) in [5.74, 6) is 1.41. The fraction of sp³-hybridized carbons (Fsp3) is 0.385. The molecule has 1 fully saturated rings. The quantitative estimate of drug-likeness (QED) is 0.890. The Morgan fingerprint density at radius 3 is 2.15 bits per heavy atom. The molecule has 1 atom stereocenters. The molecule has 0 spiro atoms. The number of ether oxygens (including phenoxy) is 3. The number of amides is 2. The molecule has 1 saturated heterocycles. The first-order chi connectivity index (χ1) is 9.58. The predicted molar refractivity (Wildman–Crippen MR) is 74.7 cm³/mol. The van der Waals surface area contributed by atoms with Crippen LogP contribution in [0.4, 0.5) is 4.79 Å². The maximum Gasteiger partial charge on any atom is 0.286 e. The second-order valence-electron chi connectivity index (χ2n) is 4.11. The molecule has 1 aromatic carbocycles. The predicted octanol–water partition coefficient (Wildman–Crippen LogP) is 1.61. The molecule has 2 amide bonds. The standard InChI is InChI=1S/C13H15NO5S/c1-17-8-6-10(19-3)9(18-2)4-7(8)5-11-12(15)14-13(16)20-11/h4,6,11H,5H2,1-3H3,(H,14,15,16). The molecule has 7 heteroatoms. The lowest BCUT2D eigenvalue weighted by atomic mass is 10.1. The monoisotopic (exact) mass is 297 g/mol. The lowest BCUT2D eigenvalue weighted by Crippen LogP contribution is -2.25. The average Bonchev–Trinajstić information content (AvgIpc) is 2.76. The zero-order valence-electron chi connectivity index (χ0n) is 11.4. The minimum atomic E-state index is -0.450. The summed E-state index contributed by atoms with van der Waals surface area (Å²) in [4.78, 5) is 22.8. The van der Waals surface area contributed by atoms with E-state index >= 15 is 0 Å². The van der Waals surface area contributed by atoms with Gasteiger partial charge in [0.05, 0.1) is 26.6 Å². The van der Waals surface area contributed by atoms with Gasteiger partial charge in [-0.05, 0) is 18.1 Å². The largest absolute Gasteiger partial charge is 0.496 e. The van der Waals surface area contributed by atoms with E-state index in [4.69, 9.17) is 14.2 Å². The van der Waals surface area contributed by atoms with Gasteiger partial charge >= 0.3 is 0 Å². The summed E-state index contributed by atoms with van der Waals surface area (Å²) in [5.41, 5.74) is 0.785. The molecule has 0 saturated carbocycles. The summed E-state index contributed by atoms with van der Waals surface area (Å²) in [7, 11) is 4.61. The van der Waals surface area contributed by atoms with Crippen molar-refractivity contribution in [1.29, 1.82) is 0 Å². The number of nitrogens with one attached hydrogen (secondary N) is 1. The Bertz CT molecular complexity index is 546. The first-order valence-electron chi connectivity index (χ1n) is 5.89. The highest BCUT2D eigenvalue weighted by Crippen LogP contribution is 2.36. The second-order valence-corrected chi connectivity index (χ2v) is 5.28. The van der Waals surface area contributed by atoms with Gasteiger partial charge in [-0.3, -0.25) is 14.9 Å². The molecule has 1 unspecified atom stereocenters. The highest BCUT2D eigenvalue weighted by molar-refractivity contribution is 8.15.